The van der Waals surface area contributed by atoms with E-state index in [1.165, 1.54) is 6.07 Å². The molecule has 0 bridgehead atoms. The van der Waals surface area contributed by atoms with E-state index in [0.717, 1.165) is 23.0 Å². The molecule has 0 fully saturated rings. The maximum atomic E-state index is 13.9. The van der Waals surface area contributed by atoms with Gasteiger partial charge in [-0.25, -0.2) is 4.39 Å². The predicted molar refractivity (Wildman–Crippen MR) is 83.9 cm³/mol. The van der Waals surface area contributed by atoms with E-state index in [-0.39, 0.29) is 11.2 Å². The molecule has 1 nitrogen and oxygen atoms in total. The Morgan fingerprint density at radius 1 is 1.26 bits per heavy atom. The van der Waals surface area contributed by atoms with Crippen LogP contribution in [-0.2, 0) is 6.42 Å². The third-order valence-electron chi connectivity index (χ3n) is 3.47. The van der Waals surface area contributed by atoms with Crippen molar-refractivity contribution in [3.63, 3.8) is 0 Å². The SMILES string of the molecule is CC(C)NCC(Cc1cc(Br)ccc1F)C(C)(C)C. The summed E-state index contributed by atoms with van der Waals surface area (Å²) in [5, 5.41) is 3.47. The molecule has 0 aliphatic heterocycles. The molecule has 0 saturated carbocycles. The van der Waals surface area contributed by atoms with Crippen LogP contribution in [0.3, 0.4) is 0 Å². The maximum Gasteiger partial charge on any atom is 0.126 e. The Bertz CT molecular complexity index is 410. The molecule has 0 radical (unpaired) electrons. The molecule has 108 valence electrons. The van der Waals surface area contributed by atoms with Crippen LogP contribution in [0.1, 0.15) is 40.2 Å². The van der Waals surface area contributed by atoms with E-state index in [1.54, 1.807) is 6.07 Å². The normalized spacial score (nSPS) is 13.9. The van der Waals surface area contributed by atoms with Gasteiger partial charge in [0, 0.05) is 10.5 Å². The Balaban J connectivity index is 2.85. The third-order valence-corrected chi connectivity index (χ3v) is 3.96. The van der Waals surface area contributed by atoms with E-state index in [0.29, 0.717) is 12.0 Å². The van der Waals surface area contributed by atoms with Crippen molar-refractivity contribution in [3.05, 3.63) is 34.1 Å². The van der Waals surface area contributed by atoms with Gasteiger partial charge < -0.3 is 5.32 Å². The molecular formula is C16H25BrFN. The quantitative estimate of drug-likeness (QED) is 0.818. The van der Waals surface area contributed by atoms with Crippen LogP contribution in [0.4, 0.5) is 4.39 Å². The summed E-state index contributed by atoms with van der Waals surface area (Å²) >= 11 is 3.42. The lowest BCUT2D eigenvalue weighted by Crippen LogP contribution is -2.36. The molecule has 0 amide bonds. The molecule has 1 aromatic carbocycles. The topological polar surface area (TPSA) is 12.0 Å². The molecular weight excluding hydrogens is 305 g/mol. The summed E-state index contributed by atoms with van der Waals surface area (Å²) in [6.07, 6.45) is 0.758. The fourth-order valence-corrected chi connectivity index (χ4v) is 2.44. The van der Waals surface area contributed by atoms with E-state index >= 15 is 0 Å². The minimum Gasteiger partial charge on any atom is -0.314 e. The third kappa shape index (κ3) is 5.62. The number of rotatable bonds is 5. The molecule has 0 aliphatic carbocycles. The van der Waals surface area contributed by atoms with Gasteiger partial charge in [0.05, 0.1) is 0 Å². The van der Waals surface area contributed by atoms with Gasteiger partial charge in [-0.15, -0.1) is 0 Å². The van der Waals surface area contributed by atoms with E-state index in [9.17, 15) is 4.39 Å². The van der Waals surface area contributed by atoms with Crippen LogP contribution >= 0.6 is 15.9 Å². The van der Waals surface area contributed by atoms with E-state index in [4.69, 9.17) is 0 Å². The summed E-state index contributed by atoms with van der Waals surface area (Å²) in [5.41, 5.74) is 0.941. The molecule has 1 aromatic rings. The van der Waals surface area contributed by atoms with Crippen LogP contribution in [-0.4, -0.2) is 12.6 Å². The van der Waals surface area contributed by atoms with Gasteiger partial charge in [0.1, 0.15) is 5.82 Å². The average Bonchev–Trinajstić information content (AvgIpc) is 2.26. The summed E-state index contributed by atoms with van der Waals surface area (Å²) in [5.74, 6) is 0.292. The molecule has 0 spiro atoms. The second-order valence-electron chi connectivity index (χ2n) is 6.57. The van der Waals surface area contributed by atoms with Crippen molar-refractivity contribution in [2.24, 2.45) is 11.3 Å². The minimum atomic E-state index is -0.109. The Morgan fingerprint density at radius 3 is 2.42 bits per heavy atom. The highest BCUT2D eigenvalue weighted by Crippen LogP contribution is 2.30. The van der Waals surface area contributed by atoms with Crippen molar-refractivity contribution >= 4 is 15.9 Å². The monoisotopic (exact) mass is 329 g/mol. The second-order valence-corrected chi connectivity index (χ2v) is 7.48. The number of benzene rings is 1. The number of nitrogens with one attached hydrogen (secondary N) is 1. The lowest BCUT2D eigenvalue weighted by Gasteiger charge is -2.32. The highest BCUT2D eigenvalue weighted by molar-refractivity contribution is 9.10. The van der Waals surface area contributed by atoms with Crippen LogP contribution in [0.2, 0.25) is 0 Å². The van der Waals surface area contributed by atoms with E-state index in [1.807, 2.05) is 6.07 Å². The zero-order valence-corrected chi connectivity index (χ0v) is 14.1. The fourth-order valence-electron chi connectivity index (χ4n) is 2.03. The molecule has 1 N–H and O–H groups in total. The number of hydrogen-bond acceptors (Lipinski definition) is 1. The molecule has 0 heterocycles. The Hall–Kier alpha value is -0.410. The van der Waals surface area contributed by atoms with Crippen molar-refractivity contribution in [1.82, 2.24) is 5.32 Å². The van der Waals surface area contributed by atoms with Crippen LogP contribution in [0.15, 0.2) is 22.7 Å². The molecule has 1 atom stereocenters. The molecule has 0 aliphatic rings. The summed E-state index contributed by atoms with van der Waals surface area (Å²) < 4.78 is 14.8. The lowest BCUT2D eigenvalue weighted by atomic mass is 9.77. The standard InChI is InChI=1S/C16H25BrFN/c1-11(2)19-10-13(16(3,4)5)8-12-9-14(17)6-7-15(12)18/h6-7,9,11,13,19H,8,10H2,1-5H3. The summed E-state index contributed by atoms with van der Waals surface area (Å²) in [4.78, 5) is 0. The van der Waals surface area contributed by atoms with Crippen LogP contribution in [0.25, 0.3) is 0 Å². The van der Waals surface area contributed by atoms with Crippen LogP contribution < -0.4 is 5.32 Å². The lowest BCUT2D eigenvalue weighted by molar-refractivity contribution is 0.225. The van der Waals surface area contributed by atoms with Gasteiger partial charge in [0.25, 0.3) is 0 Å². The first-order valence-electron chi connectivity index (χ1n) is 6.87. The summed E-state index contributed by atoms with van der Waals surface area (Å²) in [6.45, 7) is 11.8. The zero-order valence-electron chi connectivity index (χ0n) is 12.6. The van der Waals surface area contributed by atoms with Crippen LogP contribution in [0.5, 0.6) is 0 Å². The van der Waals surface area contributed by atoms with Crippen molar-refractivity contribution in [2.45, 2.75) is 47.1 Å². The maximum absolute atomic E-state index is 13.9. The van der Waals surface area contributed by atoms with Gasteiger partial charge >= 0.3 is 0 Å². The van der Waals surface area contributed by atoms with Gasteiger partial charge in [-0.2, -0.15) is 0 Å². The van der Waals surface area contributed by atoms with Crippen molar-refractivity contribution in [3.8, 4) is 0 Å². The van der Waals surface area contributed by atoms with Gasteiger partial charge in [0.2, 0.25) is 0 Å². The highest BCUT2D eigenvalue weighted by Gasteiger charge is 2.25. The second kappa shape index (κ2) is 6.85. The fraction of sp³-hybridized carbons (Fsp3) is 0.625. The smallest absolute Gasteiger partial charge is 0.126 e. The largest absolute Gasteiger partial charge is 0.314 e. The van der Waals surface area contributed by atoms with Gasteiger partial charge in [-0.05, 0) is 48.1 Å². The van der Waals surface area contributed by atoms with Crippen LogP contribution in [0, 0.1) is 17.2 Å². The summed E-state index contributed by atoms with van der Waals surface area (Å²) in [7, 11) is 0. The molecule has 0 saturated heterocycles. The number of hydrogen-bond donors (Lipinski definition) is 1. The number of halogens is 2. The molecule has 1 rings (SSSR count). The molecule has 0 aromatic heterocycles. The molecule has 3 heteroatoms. The van der Waals surface area contributed by atoms with Crippen molar-refractivity contribution in [1.29, 1.82) is 0 Å². The van der Waals surface area contributed by atoms with Gasteiger partial charge in [-0.3, -0.25) is 0 Å². The first-order valence-corrected chi connectivity index (χ1v) is 7.66. The minimum absolute atomic E-state index is 0.109. The van der Waals surface area contributed by atoms with Gasteiger partial charge in [0.15, 0.2) is 0 Å². The average molecular weight is 330 g/mol. The first-order chi connectivity index (χ1) is 8.70. The Morgan fingerprint density at radius 2 is 1.89 bits per heavy atom. The van der Waals surface area contributed by atoms with E-state index in [2.05, 4.69) is 55.9 Å². The first kappa shape index (κ1) is 16.6. The predicted octanol–water partition coefficient (Wildman–Crippen LogP) is 4.79. The van der Waals surface area contributed by atoms with E-state index < -0.39 is 0 Å². The molecule has 1 unspecified atom stereocenters. The molecule has 19 heavy (non-hydrogen) atoms. The summed E-state index contributed by atoms with van der Waals surface area (Å²) in [6, 6.07) is 5.63. The Labute approximate surface area is 125 Å². The van der Waals surface area contributed by atoms with Crippen molar-refractivity contribution < 1.29 is 4.39 Å². The highest BCUT2D eigenvalue weighted by atomic mass is 79.9. The Kier molecular flexibility index (Phi) is 6.00. The van der Waals surface area contributed by atoms with Gasteiger partial charge in [-0.1, -0.05) is 50.5 Å². The zero-order chi connectivity index (χ0) is 14.6. The van der Waals surface area contributed by atoms with Crippen molar-refractivity contribution in [2.75, 3.05) is 6.54 Å².